The van der Waals surface area contributed by atoms with Crippen molar-refractivity contribution in [2.24, 2.45) is 0 Å². The summed E-state index contributed by atoms with van der Waals surface area (Å²) in [6.07, 6.45) is 1.80. The van der Waals surface area contributed by atoms with Crippen LogP contribution in [0.15, 0.2) is 64.4 Å². The Labute approximate surface area is 97.1 Å². The molecule has 79 valence electrons. The van der Waals surface area contributed by atoms with Gasteiger partial charge in [-0.3, -0.25) is 4.79 Å². The second-order valence-corrected chi connectivity index (χ2v) is 4.63. The average Bonchev–Trinajstić information content (AvgIpc) is 2.39. The summed E-state index contributed by atoms with van der Waals surface area (Å²) in [5.41, 5.74) is 0.352. The first-order valence-electron chi connectivity index (χ1n) is 4.77. The van der Waals surface area contributed by atoms with E-state index in [0.717, 1.165) is 0 Å². The van der Waals surface area contributed by atoms with Gasteiger partial charge in [0.1, 0.15) is 0 Å². The van der Waals surface area contributed by atoms with Crippen molar-refractivity contribution in [3.8, 4) is 0 Å². The van der Waals surface area contributed by atoms with Crippen LogP contribution in [0.1, 0.15) is 5.56 Å². The minimum absolute atomic E-state index is 0.352. The molecule has 0 aliphatic heterocycles. The van der Waals surface area contributed by atoms with Crippen molar-refractivity contribution in [2.45, 2.75) is 9.79 Å². The van der Waals surface area contributed by atoms with Crippen molar-refractivity contribution in [1.82, 2.24) is 0 Å². The zero-order valence-electron chi connectivity index (χ0n) is 8.42. The van der Waals surface area contributed by atoms with Crippen LogP contribution < -0.4 is 0 Å². The van der Waals surface area contributed by atoms with Crippen LogP contribution in [0.5, 0.6) is 0 Å². The lowest BCUT2D eigenvalue weighted by molar-refractivity contribution is 0.561. The first-order chi connectivity index (χ1) is 7.83. The third-order valence-electron chi connectivity index (χ3n) is 2.15. The maximum absolute atomic E-state index is 12.2. The van der Waals surface area contributed by atoms with E-state index in [1.165, 1.54) is 0 Å². The Bertz CT molecular complexity index is 482. The van der Waals surface area contributed by atoms with Gasteiger partial charge in [0.05, 0.1) is 5.56 Å². The van der Waals surface area contributed by atoms with Gasteiger partial charge in [-0.1, -0.05) is 30.3 Å². The monoisotopic (exact) mass is 229 g/mol. The predicted molar refractivity (Wildman–Crippen MR) is 62.4 cm³/mol. The molecule has 1 unspecified atom stereocenters. The lowest BCUT2D eigenvalue weighted by Crippen LogP contribution is -2.05. The molecule has 2 nitrogen and oxygen atoms in total. The molecule has 0 heterocycles. The van der Waals surface area contributed by atoms with Crippen molar-refractivity contribution >= 4 is 17.5 Å². The van der Waals surface area contributed by atoms with Gasteiger partial charge in [0.15, 0.2) is 9.79 Å². The normalized spacial score (nSPS) is 12.1. The molecule has 1 radical (unpaired) electrons. The fraction of sp³-hybridized carbons (Fsp3) is 0. The summed E-state index contributed by atoms with van der Waals surface area (Å²) in [6, 6.07) is 15.8. The minimum Gasteiger partial charge on any atom is -0.606 e. The van der Waals surface area contributed by atoms with Crippen LogP contribution in [0.3, 0.4) is 0 Å². The Morgan fingerprint density at radius 3 is 2.25 bits per heavy atom. The van der Waals surface area contributed by atoms with Crippen LogP contribution in [0.2, 0.25) is 0 Å². The van der Waals surface area contributed by atoms with Crippen molar-refractivity contribution < 1.29 is 9.35 Å². The molecule has 1 atom stereocenters. The van der Waals surface area contributed by atoms with Crippen LogP contribution in [0.25, 0.3) is 0 Å². The molecule has 0 N–H and O–H groups in total. The van der Waals surface area contributed by atoms with E-state index in [1.807, 2.05) is 18.2 Å². The Balaban J connectivity index is 2.41. The summed E-state index contributed by atoms with van der Waals surface area (Å²) in [5.74, 6) is 0. The molecule has 0 saturated carbocycles. The van der Waals surface area contributed by atoms with Crippen molar-refractivity contribution in [3.05, 3.63) is 60.2 Å². The minimum atomic E-state index is -1.32. The van der Waals surface area contributed by atoms with Gasteiger partial charge in [-0.2, -0.15) is 0 Å². The molecule has 0 spiro atoms. The van der Waals surface area contributed by atoms with E-state index >= 15 is 0 Å². The van der Waals surface area contributed by atoms with Crippen LogP contribution in [-0.4, -0.2) is 10.8 Å². The average molecular weight is 229 g/mol. The summed E-state index contributed by atoms with van der Waals surface area (Å²) in [7, 11) is 0. The quantitative estimate of drug-likeness (QED) is 0.758. The highest BCUT2D eigenvalue weighted by molar-refractivity contribution is 7.91. The smallest absolute Gasteiger partial charge is 0.238 e. The highest BCUT2D eigenvalue weighted by atomic mass is 32.2. The molecule has 0 aliphatic rings. The third kappa shape index (κ3) is 2.15. The molecule has 0 aromatic heterocycles. The first-order valence-corrected chi connectivity index (χ1v) is 5.92. The predicted octanol–water partition coefficient (Wildman–Crippen LogP) is 2.31. The van der Waals surface area contributed by atoms with E-state index in [4.69, 9.17) is 0 Å². The van der Waals surface area contributed by atoms with Gasteiger partial charge in [0.25, 0.3) is 0 Å². The number of carbonyl (C=O) groups excluding carboxylic acids is 1. The summed E-state index contributed by atoms with van der Waals surface area (Å²) >= 11 is -1.32. The lowest BCUT2D eigenvalue weighted by Gasteiger charge is -2.10. The Kier molecular flexibility index (Phi) is 3.39. The maximum atomic E-state index is 12.2. The van der Waals surface area contributed by atoms with E-state index in [1.54, 1.807) is 42.7 Å². The molecular weight excluding hydrogens is 220 g/mol. The van der Waals surface area contributed by atoms with Gasteiger partial charge in [-0.25, -0.2) is 0 Å². The van der Waals surface area contributed by atoms with E-state index in [2.05, 4.69) is 0 Å². The van der Waals surface area contributed by atoms with Crippen LogP contribution >= 0.6 is 0 Å². The number of benzene rings is 2. The summed E-state index contributed by atoms with van der Waals surface area (Å²) < 4.78 is 12.2. The van der Waals surface area contributed by atoms with E-state index in [9.17, 15) is 9.35 Å². The molecule has 0 saturated heterocycles. The molecule has 3 heteroatoms. The van der Waals surface area contributed by atoms with Gasteiger partial charge in [0, 0.05) is 11.2 Å². The van der Waals surface area contributed by atoms with Crippen LogP contribution in [0.4, 0.5) is 0 Å². The molecular formula is C13H9O2S. The maximum Gasteiger partial charge on any atom is 0.238 e. The molecule has 16 heavy (non-hydrogen) atoms. The Hall–Kier alpha value is -1.58. The topological polar surface area (TPSA) is 40.1 Å². The lowest BCUT2D eigenvalue weighted by atomic mass is 10.2. The van der Waals surface area contributed by atoms with Gasteiger partial charge in [-0.05, 0) is 24.3 Å². The van der Waals surface area contributed by atoms with Crippen molar-refractivity contribution in [2.75, 3.05) is 0 Å². The Morgan fingerprint density at radius 2 is 1.56 bits per heavy atom. The molecule has 0 bridgehead atoms. The molecule has 0 amide bonds. The van der Waals surface area contributed by atoms with E-state index in [-0.39, 0.29) is 0 Å². The van der Waals surface area contributed by atoms with E-state index in [0.29, 0.717) is 15.4 Å². The summed E-state index contributed by atoms with van der Waals surface area (Å²) in [6.45, 7) is 0. The summed E-state index contributed by atoms with van der Waals surface area (Å²) in [4.78, 5) is 11.9. The Morgan fingerprint density at radius 1 is 0.938 bits per heavy atom. The molecule has 0 fully saturated rings. The number of hydrogen-bond donors (Lipinski definition) is 0. The zero-order chi connectivity index (χ0) is 11.4. The molecule has 2 aromatic carbocycles. The van der Waals surface area contributed by atoms with Crippen molar-refractivity contribution in [3.63, 3.8) is 0 Å². The van der Waals surface area contributed by atoms with Gasteiger partial charge in [0.2, 0.25) is 6.29 Å². The third-order valence-corrected chi connectivity index (χ3v) is 3.61. The van der Waals surface area contributed by atoms with Gasteiger partial charge in [-0.15, -0.1) is 0 Å². The fourth-order valence-corrected chi connectivity index (χ4v) is 2.55. The largest absolute Gasteiger partial charge is 0.606 e. The second-order valence-electron chi connectivity index (χ2n) is 3.18. The summed E-state index contributed by atoms with van der Waals surface area (Å²) in [5, 5.41) is 0. The zero-order valence-corrected chi connectivity index (χ0v) is 9.24. The van der Waals surface area contributed by atoms with Gasteiger partial charge >= 0.3 is 0 Å². The SMILES string of the molecule is O=[C]c1ccccc1[S+]([O-])c1ccccc1. The van der Waals surface area contributed by atoms with Crippen LogP contribution in [0, 0.1) is 0 Å². The van der Waals surface area contributed by atoms with Gasteiger partial charge < -0.3 is 4.55 Å². The van der Waals surface area contributed by atoms with E-state index < -0.39 is 11.2 Å². The molecule has 0 aliphatic carbocycles. The number of rotatable bonds is 3. The fourth-order valence-electron chi connectivity index (χ4n) is 1.38. The van der Waals surface area contributed by atoms with Crippen molar-refractivity contribution in [1.29, 1.82) is 0 Å². The molecule has 2 rings (SSSR count). The standard InChI is InChI=1S/C13H9O2S/c14-10-11-6-4-5-9-13(11)16(15)12-7-2-1-3-8-12/h1-9H. The first kappa shape index (κ1) is 10.9. The van der Waals surface area contributed by atoms with Crippen LogP contribution in [-0.2, 0) is 16.0 Å². The highest BCUT2D eigenvalue weighted by Crippen LogP contribution is 2.22. The number of hydrogen-bond acceptors (Lipinski definition) is 2. The highest BCUT2D eigenvalue weighted by Gasteiger charge is 2.18. The molecule has 2 aromatic rings. The second kappa shape index (κ2) is 4.96.